The lowest BCUT2D eigenvalue weighted by Crippen LogP contribution is -2.00. The molecule has 0 unspecified atom stereocenters. The average molecular weight is 272 g/mol. The Bertz CT molecular complexity index is 604. The molecule has 0 amide bonds. The van der Waals surface area contributed by atoms with Gasteiger partial charge in [-0.25, -0.2) is 0 Å². The molecule has 0 saturated heterocycles. The summed E-state index contributed by atoms with van der Waals surface area (Å²) in [6, 6.07) is 9.87. The SMILES string of the molecule is COc1cc(N)c(Nc2cc(C)cc(C)c2)cc1OC. The van der Waals surface area contributed by atoms with E-state index in [0.29, 0.717) is 17.2 Å². The molecule has 2 aromatic rings. The van der Waals surface area contributed by atoms with Gasteiger partial charge < -0.3 is 20.5 Å². The van der Waals surface area contributed by atoms with Crippen LogP contribution in [0.15, 0.2) is 30.3 Å². The molecule has 2 rings (SSSR count). The van der Waals surface area contributed by atoms with Gasteiger partial charge in [-0.15, -0.1) is 0 Å². The first-order valence-electron chi connectivity index (χ1n) is 6.40. The van der Waals surface area contributed by atoms with Crippen LogP contribution in [0.1, 0.15) is 11.1 Å². The maximum absolute atomic E-state index is 6.05. The van der Waals surface area contributed by atoms with Crippen LogP contribution < -0.4 is 20.5 Å². The zero-order valence-electron chi connectivity index (χ0n) is 12.3. The van der Waals surface area contributed by atoms with Gasteiger partial charge in [-0.05, 0) is 37.1 Å². The van der Waals surface area contributed by atoms with Gasteiger partial charge in [-0.2, -0.15) is 0 Å². The molecule has 0 bridgehead atoms. The van der Waals surface area contributed by atoms with Crippen LogP contribution in [0.2, 0.25) is 0 Å². The second-order valence-corrected chi connectivity index (χ2v) is 4.80. The second-order valence-electron chi connectivity index (χ2n) is 4.80. The molecule has 0 aliphatic carbocycles. The van der Waals surface area contributed by atoms with Crippen molar-refractivity contribution < 1.29 is 9.47 Å². The van der Waals surface area contributed by atoms with Crippen molar-refractivity contribution in [3.63, 3.8) is 0 Å². The predicted octanol–water partition coefficient (Wildman–Crippen LogP) is 3.65. The lowest BCUT2D eigenvalue weighted by Gasteiger charge is -2.15. The summed E-state index contributed by atoms with van der Waals surface area (Å²) in [5.74, 6) is 1.27. The van der Waals surface area contributed by atoms with Crippen LogP contribution >= 0.6 is 0 Å². The third-order valence-electron chi connectivity index (χ3n) is 3.06. The highest BCUT2D eigenvalue weighted by Crippen LogP contribution is 2.36. The summed E-state index contributed by atoms with van der Waals surface area (Å²) in [6.07, 6.45) is 0. The van der Waals surface area contributed by atoms with E-state index in [1.165, 1.54) is 11.1 Å². The summed E-state index contributed by atoms with van der Waals surface area (Å²) in [6.45, 7) is 4.13. The average Bonchev–Trinajstić information content (AvgIpc) is 2.39. The van der Waals surface area contributed by atoms with E-state index in [1.54, 1.807) is 20.3 Å². The van der Waals surface area contributed by atoms with Crippen LogP contribution in [0.4, 0.5) is 17.1 Å². The number of hydrogen-bond donors (Lipinski definition) is 2. The van der Waals surface area contributed by atoms with Crippen molar-refractivity contribution in [1.82, 2.24) is 0 Å². The summed E-state index contributed by atoms with van der Waals surface area (Å²) in [5.41, 5.74) is 10.9. The summed E-state index contributed by atoms with van der Waals surface area (Å²) < 4.78 is 10.5. The Morgan fingerprint density at radius 2 is 1.40 bits per heavy atom. The fourth-order valence-corrected chi connectivity index (χ4v) is 2.21. The number of methoxy groups -OCH3 is 2. The quantitative estimate of drug-likeness (QED) is 0.834. The van der Waals surface area contributed by atoms with Crippen LogP contribution in [-0.2, 0) is 0 Å². The Labute approximate surface area is 119 Å². The van der Waals surface area contributed by atoms with Crippen LogP contribution in [-0.4, -0.2) is 14.2 Å². The fourth-order valence-electron chi connectivity index (χ4n) is 2.21. The van der Waals surface area contributed by atoms with Crippen molar-refractivity contribution in [2.75, 3.05) is 25.3 Å². The maximum Gasteiger partial charge on any atom is 0.162 e. The molecule has 0 fully saturated rings. The highest BCUT2D eigenvalue weighted by Gasteiger charge is 2.09. The highest BCUT2D eigenvalue weighted by molar-refractivity contribution is 5.77. The first-order valence-corrected chi connectivity index (χ1v) is 6.40. The molecule has 20 heavy (non-hydrogen) atoms. The molecule has 0 aromatic heterocycles. The molecule has 0 radical (unpaired) electrons. The Hall–Kier alpha value is -2.36. The predicted molar refractivity (Wildman–Crippen MR) is 83.2 cm³/mol. The summed E-state index contributed by atoms with van der Waals surface area (Å²) in [4.78, 5) is 0. The van der Waals surface area contributed by atoms with Gasteiger partial charge in [0.05, 0.1) is 25.6 Å². The molecular weight excluding hydrogens is 252 g/mol. The van der Waals surface area contributed by atoms with Crippen LogP contribution in [0.3, 0.4) is 0 Å². The van der Waals surface area contributed by atoms with Gasteiger partial charge in [-0.3, -0.25) is 0 Å². The zero-order chi connectivity index (χ0) is 14.7. The highest BCUT2D eigenvalue weighted by atomic mass is 16.5. The lowest BCUT2D eigenvalue weighted by molar-refractivity contribution is 0.355. The smallest absolute Gasteiger partial charge is 0.162 e. The molecule has 0 atom stereocenters. The Kier molecular flexibility index (Phi) is 4.03. The van der Waals surface area contributed by atoms with E-state index in [2.05, 4.69) is 37.4 Å². The van der Waals surface area contributed by atoms with E-state index >= 15 is 0 Å². The molecule has 4 nitrogen and oxygen atoms in total. The normalized spacial score (nSPS) is 10.2. The molecule has 2 aromatic carbocycles. The molecule has 106 valence electrons. The van der Waals surface area contributed by atoms with E-state index in [9.17, 15) is 0 Å². The van der Waals surface area contributed by atoms with E-state index in [1.807, 2.05) is 6.07 Å². The summed E-state index contributed by atoms with van der Waals surface area (Å²) in [7, 11) is 3.20. The molecule has 3 N–H and O–H groups in total. The van der Waals surface area contributed by atoms with Crippen LogP contribution in [0, 0.1) is 13.8 Å². The lowest BCUT2D eigenvalue weighted by atomic mass is 10.1. The van der Waals surface area contributed by atoms with E-state index in [-0.39, 0.29) is 0 Å². The number of aryl methyl sites for hydroxylation is 2. The van der Waals surface area contributed by atoms with Crippen molar-refractivity contribution in [2.45, 2.75) is 13.8 Å². The molecule has 0 spiro atoms. The Morgan fingerprint density at radius 1 is 0.850 bits per heavy atom. The minimum atomic E-state index is 0.613. The van der Waals surface area contributed by atoms with E-state index in [0.717, 1.165) is 11.4 Å². The van der Waals surface area contributed by atoms with Gasteiger partial charge in [0.15, 0.2) is 11.5 Å². The topological polar surface area (TPSA) is 56.5 Å². The first-order chi connectivity index (χ1) is 9.53. The monoisotopic (exact) mass is 272 g/mol. The van der Waals surface area contributed by atoms with Crippen molar-refractivity contribution in [2.24, 2.45) is 0 Å². The number of nitrogens with two attached hydrogens (primary N) is 1. The van der Waals surface area contributed by atoms with Gasteiger partial charge in [0.1, 0.15) is 0 Å². The Balaban J connectivity index is 2.37. The summed E-state index contributed by atoms with van der Waals surface area (Å²) >= 11 is 0. The minimum absolute atomic E-state index is 0.613. The van der Waals surface area contributed by atoms with Gasteiger partial charge in [0, 0.05) is 17.8 Å². The van der Waals surface area contributed by atoms with Crippen molar-refractivity contribution >= 4 is 17.1 Å². The van der Waals surface area contributed by atoms with Gasteiger partial charge in [-0.1, -0.05) is 6.07 Å². The molecule has 0 saturated carbocycles. The molecule has 0 heterocycles. The van der Waals surface area contributed by atoms with Gasteiger partial charge in [0.25, 0.3) is 0 Å². The molecular formula is C16H20N2O2. The fraction of sp³-hybridized carbons (Fsp3) is 0.250. The minimum Gasteiger partial charge on any atom is -0.493 e. The number of hydrogen-bond acceptors (Lipinski definition) is 4. The standard InChI is InChI=1S/C16H20N2O2/c1-10-5-11(2)7-12(6-10)18-14-9-16(20-4)15(19-3)8-13(14)17/h5-9,18H,17H2,1-4H3. The van der Waals surface area contributed by atoms with Crippen molar-refractivity contribution in [3.05, 3.63) is 41.5 Å². The second kappa shape index (κ2) is 5.74. The van der Waals surface area contributed by atoms with Gasteiger partial charge in [0.2, 0.25) is 0 Å². The number of benzene rings is 2. The third kappa shape index (κ3) is 2.96. The van der Waals surface area contributed by atoms with Crippen LogP contribution in [0.25, 0.3) is 0 Å². The number of nitrogens with one attached hydrogen (secondary N) is 1. The van der Waals surface area contributed by atoms with Gasteiger partial charge >= 0.3 is 0 Å². The zero-order valence-corrected chi connectivity index (χ0v) is 12.3. The largest absolute Gasteiger partial charge is 0.493 e. The number of rotatable bonds is 4. The van der Waals surface area contributed by atoms with Crippen molar-refractivity contribution in [3.8, 4) is 11.5 Å². The molecule has 0 aliphatic heterocycles. The number of ether oxygens (including phenoxy) is 2. The maximum atomic E-state index is 6.05. The third-order valence-corrected chi connectivity index (χ3v) is 3.06. The Morgan fingerprint density at radius 3 is 1.95 bits per heavy atom. The van der Waals surface area contributed by atoms with Crippen LogP contribution in [0.5, 0.6) is 11.5 Å². The van der Waals surface area contributed by atoms with E-state index in [4.69, 9.17) is 15.2 Å². The number of anilines is 3. The van der Waals surface area contributed by atoms with Crippen molar-refractivity contribution in [1.29, 1.82) is 0 Å². The first kappa shape index (κ1) is 14.1. The number of nitrogen functional groups attached to an aromatic ring is 1. The van der Waals surface area contributed by atoms with E-state index < -0.39 is 0 Å². The molecule has 0 aliphatic rings. The summed E-state index contributed by atoms with van der Waals surface area (Å²) in [5, 5.41) is 3.32. The molecule has 4 heteroatoms.